The molecule has 0 spiro atoms. The van der Waals surface area contributed by atoms with Crippen LogP contribution in [-0.4, -0.2) is 22.8 Å². The average molecular weight is 373 g/mol. The predicted molar refractivity (Wildman–Crippen MR) is 109 cm³/mol. The van der Waals surface area contributed by atoms with Crippen LogP contribution >= 0.6 is 0 Å². The van der Waals surface area contributed by atoms with Crippen LogP contribution in [0.5, 0.6) is 0 Å². The molecule has 5 nitrogen and oxygen atoms in total. The van der Waals surface area contributed by atoms with E-state index in [1.807, 2.05) is 6.07 Å². The predicted octanol–water partition coefficient (Wildman–Crippen LogP) is 3.50. The monoisotopic (exact) mass is 373 g/mol. The number of fused-ring (bicyclic) bond motifs is 1. The van der Waals surface area contributed by atoms with Gasteiger partial charge < -0.3 is 10.6 Å². The Morgan fingerprint density at radius 1 is 1.21 bits per heavy atom. The molecule has 2 unspecified atom stereocenters. The van der Waals surface area contributed by atoms with Gasteiger partial charge >= 0.3 is 0 Å². The quantitative estimate of drug-likeness (QED) is 0.814. The van der Waals surface area contributed by atoms with Crippen molar-refractivity contribution in [1.29, 1.82) is 0 Å². The van der Waals surface area contributed by atoms with Gasteiger partial charge in [-0.2, -0.15) is 0 Å². The lowest BCUT2D eigenvalue weighted by Gasteiger charge is -2.18. The van der Waals surface area contributed by atoms with Gasteiger partial charge in [-0.1, -0.05) is 42.5 Å². The highest BCUT2D eigenvalue weighted by molar-refractivity contribution is 5.90. The number of pyridine rings is 1. The highest BCUT2D eigenvalue weighted by atomic mass is 16.2. The number of allylic oxidation sites excluding steroid dienone is 2. The number of hydrogen-bond donors (Lipinski definition) is 2. The van der Waals surface area contributed by atoms with Gasteiger partial charge in [-0.3, -0.25) is 14.6 Å². The summed E-state index contributed by atoms with van der Waals surface area (Å²) in [7, 11) is 0. The molecule has 0 bridgehead atoms. The first-order chi connectivity index (χ1) is 13.7. The summed E-state index contributed by atoms with van der Waals surface area (Å²) in [5.41, 5.74) is 4.27. The van der Waals surface area contributed by atoms with E-state index >= 15 is 0 Å². The summed E-state index contributed by atoms with van der Waals surface area (Å²) < 4.78 is 0. The molecule has 28 heavy (non-hydrogen) atoms. The Morgan fingerprint density at radius 3 is 2.86 bits per heavy atom. The van der Waals surface area contributed by atoms with Gasteiger partial charge in [0.1, 0.15) is 0 Å². The van der Waals surface area contributed by atoms with Gasteiger partial charge in [-0.25, -0.2) is 0 Å². The molecule has 1 fully saturated rings. The van der Waals surface area contributed by atoms with Crippen LogP contribution in [0.2, 0.25) is 0 Å². The van der Waals surface area contributed by atoms with Crippen molar-refractivity contribution in [3.63, 3.8) is 0 Å². The van der Waals surface area contributed by atoms with Crippen LogP contribution in [-0.2, 0) is 16.0 Å². The number of amides is 2. The Balaban J connectivity index is 1.28. The van der Waals surface area contributed by atoms with Crippen LogP contribution in [0.1, 0.15) is 30.4 Å². The average Bonchev–Trinajstić information content (AvgIpc) is 3.08. The lowest BCUT2D eigenvalue weighted by Crippen LogP contribution is -2.27. The van der Waals surface area contributed by atoms with E-state index in [-0.39, 0.29) is 23.8 Å². The summed E-state index contributed by atoms with van der Waals surface area (Å²) in [4.78, 5) is 27.5. The zero-order valence-corrected chi connectivity index (χ0v) is 15.6. The lowest BCUT2D eigenvalue weighted by molar-refractivity contribution is -0.119. The van der Waals surface area contributed by atoms with Gasteiger partial charge in [0.15, 0.2) is 0 Å². The molecule has 1 aromatic carbocycles. The van der Waals surface area contributed by atoms with Crippen molar-refractivity contribution < 1.29 is 9.59 Å². The summed E-state index contributed by atoms with van der Waals surface area (Å²) in [6.45, 7) is 0. The Labute approximate surface area is 164 Å². The number of carbonyl (C=O) groups is 2. The van der Waals surface area contributed by atoms with Gasteiger partial charge in [-0.05, 0) is 41.7 Å². The first-order valence-electron chi connectivity index (χ1n) is 9.66. The van der Waals surface area contributed by atoms with Gasteiger partial charge in [0.25, 0.3) is 0 Å². The van der Waals surface area contributed by atoms with Crippen LogP contribution in [0, 0.1) is 5.92 Å². The van der Waals surface area contributed by atoms with E-state index in [4.69, 9.17) is 0 Å². The number of aromatic nitrogens is 1. The number of nitrogens with zero attached hydrogens (tertiary/aromatic N) is 1. The molecule has 1 aromatic heterocycles. The van der Waals surface area contributed by atoms with Gasteiger partial charge in [-0.15, -0.1) is 0 Å². The van der Waals surface area contributed by atoms with Crippen molar-refractivity contribution in [2.75, 3.05) is 5.32 Å². The Kier molecular flexibility index (Phi) is 5.33. The molecular formula is C23H23N3O2. The molecule has 142 valence electrons. The van der Waals surface area contributed by atoms with Crippen molar-refractivity contribution in [1.82, 2.24) is 10.3 Å². The minimum absolute atomic E-state index is 0.0105. The normalized spacial score (nSPS) is 20.3. The third kappa shape index (κ3) is 4.36. The van der Waals surface area contributed by atoms with Crippen molar-refractivity contribution in [3.05, 3.63) is 78.1 Å². The molecule has 4 rings (SSSR count). The topological polar surface area (TPSA) is 71.1 Å². The minimum atomic E-state index is 0.0105. The molecule has 1 aliphatic heterocycles. The van der Waals surface area contributed by atoms with E-state index in [0.717, 1.165) is 24.1 Å². The van der Waals surface area contributed by atoms with Crippen LogP contribution in [0.3, 0.4) is 0 Å². The Morgan fingerprint density at radius 2 is 2.07 bits per heavy atom. The van der Waals surface area contributed by atoms with Gasteiger partial charge in [0, 0.05) is 25.0 Å². The third-order valence-electron chi connectivity index (χ3n) is 5.19. The number of aryl methyl sites for hydroxylation is 1. The molecule has 2 aromatic rings. The maximum absolute atomic E-state index is 12.0. The Hall–Kier alpha value is -3.21. The van der Waals surface area contributed by atoms with Crippen molar-refractivity contribution >= 4 is 23.1 Å². The van der Waals surface area contributed by atoms with Gasteiger partial charge in [0.2, 0.25) is 11.8 Å². The molecule has 2 N–H and O–H groups in total. The molecule has 0 saturated carbocycles. The summed E-state index contributed by atoms with van der Waals surface area (Å²) in [5, 5.41) is 5.83. The molecule has 1 aliphatic carbocycles. The number of benzene rings is 1. The van der Waals surface area contributed by atoms with E-state index in [9.17, 15) is 9.59 Å². The zero-order chi connectivity index (χ0) is 19.3. The number of hydrogen-bond acceptors (Lipinski definition) is 3. The van der Waals surface area contributed by atoms with Crippen molar-refractivity contribution in [2.45, 2.75) is 31.7 Å². The largest absolute Gasteiger partial charge is 0.349 e. The first-order valence-corrected chi connectivity index (χ1v) is 9.66. The molecule has 1 saturated heterocycles. The lowest BCUT2D eigenvalue weighted by atomic mass is 9.89. The number of carbonyl (C=O) groups excluding carboxylic acids is 2. The molecule has 2 heterocycles. The summed E-state index contributed by atoms with van der Waals surface area (Å²) in [6, 6.07) is 12.2. The van der Waals surface area contributed by atoms with E-state index < -0.39 is 0 Å². The summed E-state index contributed by atoms with van der Waals surface area (Å²) in [5.74, 6) is 0.391. The van der Waals surface area contributed by atoms with Gasteiger partial charge in [0.05, 0.1) is 17.9 Å². The second-order valence-corrected chi connectivity index (χ2v) is 7.28. The van der Waals surface area contributed by atoms with E-state index in [0.29, 0.717) is 12.8 Å². The second kappa shape index (κ2) is 8.21. The molecule has 0 radical (unpaired) electrons. The fourth-order valence-corrected chi connectivity index (χ4v) is 3.71. The maximum atomic E-state index is 12.0. The van der Waals surface area contributed by atoms with E-state index in [2.05, 4.69) is 58.1 Å². The van der Waals surface area contributed by atoms with Crippen LogP contribution < -0.4 is 10.6 Å². The van der Waals surface area contributed by atoms with Crippen LogP contribution in [0.25, 0.3) is 5.57 Å². The molecule has 2 amide bonds. The van der Waals surface area contributed by atoms with Crippen molar-refractivity contribution in [3.8, 4) is 0 Å². The number of rotatable bonds is 6. The SMILES string of the molecule is O=C(CCCc1ccc(C2=CC3CC(=O)NC3C=C2)cc1)Nc1cccnc1. The molecule has 5 heteroatoms. The van der Waals surface area contributed by atoms with Crippen LogP contribution in [0.15, 0.2) is 67.0 Å². The summed E-state index contributed by atoms with van der Waals surface area (Å²) >= 11 is 0. The number of anilines is 1. The molecule has 2 atom stereocenters. The smallest absolute Gasteiger partial charge is 0.224 e. The van der Waals surface area contributed by atoms with E-state index in [1.165, 1.54) is 11.1 Å². The second-order valence-electron chi connectivity index (χ2n) is 7.28. The van der Waals surface area contributed by atoms with Crippen molar-refractivity contribution in [2.24, 2.45) is 5.92 Å². The highest BCUT2D eigenvalue weighted by Gasteiger charge is 2.30. The molecule has 2 aliphatic rings. The standard InChI is InChI=1S/C23H23N3O2/c27-22(25-20-4-2-12-24-15-20)5-1-3-16-6-8-17(9-7-16)18-10-11-21-19(13-18)14-23(28)26-21/h2,4,6-13,15,19,21H,1,3,5,14H2,(H,25,27)(H,26,28). The van der Waals surface area contributed by atoms with E-state index in [1.54, 1.807) is 18.5 Å². The first kappa shape index (κ1) is 18.2. The van der Waals surface area contributed by atoms with Crippen LogP contribution in [0.4, 0.5) is 5.69 Å². The highest BCUT2D eigenvalue weighted by Crippen LogP contribution is 2.30. The Bertz CT molecular complexity index is 917. The number of nitrogens with one attached hydrogen (secondary N) is 2. The zero-order valence-electron chi connectivity index (χ0n) is 15.6. The maximum Gasteiger partial charge on any atom is 0.224 e. The fourth-order valence-electron chi connectivity index (χ4n) is 3.71. The summed E-state index contributed by atoms with van der Waals surface area (Å²) in [6.07, 6.45) is 12.4. The molecular weight excluding hydrogens is 350 g/mol. The third-order valence-corrected chi connectivity index (χ3v) is 5.19. The fraction of sp³-hybridized carbons (Fsp3) is 0.261. The minimum Gasteiger partial charge on any atom is -0.349 e.